The van der Waals surface area contributed by atoms with Gasteiger partial charge in [0.2, 0.25) is 0 Å². The van der Waals surface area contributed by atoms with Crippen LogP contribution in [0, 0.1) is 0 Å². The first-order valence-electron chi connectivity index (χ1n) is 7.22. The summed E-state index contributed by atoms with van der Waals surface area (Å²) in [6.45, 7) is 0. The molecule has 0 aliphatic heterocycles. The second-order valence-electron chi connectivity index (χ2n) is 5.15. The molecule has 3 heterocycles. The number of furan rings is 1. The van der Waals surface area contributed by atoms with Crippen molar-refractivity contribution in [2.75, 3.05) is 0 Å². The van der Waals surface area contributed by atoms with Gasteiger partial charge in [0.25, 0.3) is 0 Å². The van der Waals surface area contributed by atoms with Crippen molar-refractivity contribution in [1.29, 1.82) is 0 Å². The Morgan fingerprint density at radius 2 is 1.96 bits per heavy atom. The van der Waals surface area contributed by atoms with Crippen LogP contribution in [0.1, 0.15) is 5.56 Å². The van der Waals surface area contributed by atoms with Crippen LogP contribution < -0.4 is 0 Å². The maximum absolute atomic E-state index is 5.92. The third-order valence-corrected chi connectivity index (χ3v) is 4.24. The largest absolute Gasteiger partial charge is 0.463 e. The van der Waals surface area contributed by atoms with E-state index >= 15 is 0 Å². The Bertz CT molecular complexity index is 1020. The van der Waals surface area contributed by atoms with E-state index < -0.39 is 0 Å². The van der Waals surface area contributed by atoms with E-state index in [0.29, 0.717) is 22.3 Å². The number of aliphatic imine (C=N–C) groups is 1. The number of halogens is 2. The van der Waals surface area contributed by atoms with Crippen LogP contribution in [-0.2, 0) is 0 Å². The zero-order valence-electron chi connectivity index (χ0n) is 12.4. The third-order valence-electron chi connectivity index (χ3n) is 3.52. The highest BCUT2D eigenvalue weighted by atomic mass is 79.9. The van der Waals surface area contributed by atoms with Gasteiger partial charge in [0.15, 0.2) is 17.3 Å². The van der Waals surface area contributed by atoms with Gasteiger partial charge in [0, 0.05) is 21.9 Å². The smallest absolute Gasteiger partial charge is 0.168 e. The lowest BCUT2D eigenvalue weighted by atomic mass is 10.2. The summed E-state index contributed by atoms with van der Waals surface area (Å²) >= 11 is 9.41. The summed E-state index contributed by atoms with van der Waals surface area (Å²) in [5, 5.41) is 0.696. The zero-order chi connectivity index (χ0) is 16.5. The highest BCUT2D eigenvalue weighted by Gasteiger charge is 2.15. The maximum Gasteiger partial charge on any atom is 0.168 e. The van der Waals surface area contributed by atoms with Crippen molar-refractivity contribution < 1.29 is 4.42 Å². The van der Waals surface area contributed by atoms with Crippen molar-refractivity contribution >= 4 is 45.2 Å². The van der Waals surface area contributed by atoms with Crippen LogP contribution in [0.3, 0.4) is 0 Å². The molecule has 0 fully saturated rings. The van der Waals surface area contributed by atoms with Crippen LogP contribution in [0.15, 0.2) is 74.9 Å². The van der Waals surface area contributed by atoms with Crippen LogP contribution in [0.5, 0.6) is 0 Å². The van der Waals surface area contributed by atoms with Gasteiger partial charge in [-0.25, -0.2) is 9.98 Å². The molecule has 1 aromatic carbocycles. The van der Waals surface area contributed by atoms with Crippen molar-refractivity contribution in [1.82, 2.24) is 9.38 Å². The van der Waals surface area contributed by atoms with E-state index in [4.69, 9.17) is 16.0 Å². The number of hydrogen-bond donors (Lipinski definition) is 0. The molecule has 0 unspecified atom stereocenters. The maximum atomic E-state index is 5.92. The molecular formula is C18H11BrClN3O. The first-order valence-corrected chi connectivity index (χ1v) is 8.39. The monoisotopic (exact) mass is 399 g/mol. The summed E-state index contributed by atoms with van der Waals surface area (Å²) < 4.78 is 8.38. The molecule has 0 bridgehead atoms. The van der Waals surface area contributed by atoms with E-state index in [-0.39, 0.29) is 0 Å². The number of nitrogens with zero attached hydrogens (tertiary/aromatic N) is 3. The Morgan fingerprint density at radius 3 is 2.71 bits per heavy atom. The van der Waals surface area contributed by atoms with Gasteiger partial charge in [-0.15, -0.1) is 0 Å². The Morgan fingerprint density at radius 1 is 1.12 bits per heavy atom. The molecule has 3 aromatic heterocycles. The SMILES string of the molecule is Clc1ccc(C=Nc2c(-c3ccco3)nc3ccc(Br)cn23)cc1. The van der Waals surface area contributed by atoms with Gasteiger partial charge in [0.1, 0.15) is 5.65 Å². The van der Waals surface area contributed by atoms with Gasteiger partial charge in [0.05, 0.1) is 6.26 Å². The van der Waals surface area contributed by atoms with Crippen LogP contribution >= 0.6 is 27.5 Å². The molecule has 0 aliphatic carbocycles. The topological polar surface area (TPSA) is 42.8 Å². The van der Waals surface area contributed by atoms with Gasteiger partial charge in [-0.3, -0.25) is 4.40 Å². The molecule has 0 aliphatic rings. The fraction of sp³-hybridized carbons (Fsp3) is 0. The lowest BCUT2D eigenvalue weighted by molar-refractivity contribution is 0.580. The van der Waals surface area contributed by atoms with Crippen molar-refractivity contribution in [3.05, 3.63) is 76.0 Å². The van der Waals surface area contributed by atoms with Gasteiger partial charge in [-0.2, -0.15) is 0 Å². The molecular weight excluding hydrogens is 390 g/mol. The standard InChI is InChI=1S/C18H11BrClN3O/c19-13-5-8-16-22-17(15-2-1-9-24-15)18(23(16)11-13)21-10-12-3-6-14(20)7-4-12/h1-11H. The number of fused-ring (bicyclic) bond motifs is 1. The zero-order valence-corrected chi connectivity index (χ0v) is 14.7. The Balaban J connectivity index is 1.87. The van der Waals surface area contributed by atoms with Crippen molar-refractivity contribution in [2.24, 2.45) is 4.99 Å². The summed E-state index contributed by atoms with van der Waals surface area (Å²) in [5.41, 5.74) is 2.45. The predicted molar refractivity (Wildman–Crippen MR) is 99.3 cm³/mol. The number of pyridine rings is 1. The molecule has 0 saturated carbocycles. The molecule has 0 atom stereocenters. The molecule has 0 amide bonds. The van der Waals surface area contributed by atoms with Crippen LogP contribution in [0.2, 0.25) is 5.02 Å². The van der Waals surface area contributed by atoms with E-state index in [1.807, 2.05) is 59.1 Å². The van der Waals surface area contributed by atoms with Crippen LogP contribution in [0.25, 0.3) is 17.1 Å². The second kappa shape index (κ2) is 6.26. The normalized spacial score (nSPS) is 11.6. The second-order valence-corrected chi connectivity index (χ2v) is 6.50. The number of benzene rings is 1. The predicted octanol–water partition coefficient (Wildman–Crippen LogP) is 5.76. The lowest BCUT2D eigenvalue weighted by Crippen LogP contribution is -1.85. The minimum Gasteiger partial charge on any atom is -0.463 e. The fourth-order valence-electron chi connectivity index (χ4n) is 2.39. The third kappa shape index (κ3) is 2.88. The van der Waals surface area contributed by atoms with Gasteiger partial charge in [-0.1, -0.05) is 23.7 Å². The van der Waals surface area contributed by atoms with E-state index in [1.54, 1.807) is 12.5 Å². The van der Waals surface area contributed by atoms with Crippen molar-refractivity contribution in [3.8, 4) is 11.5 Å². The van der Waals surface area contributed by atoms with Crippen LogP contribution in [-0.4, -0.2) is 15.6 Å². The number of rotatable bonds is 3. The first kappa shape index (κ1) is 15.2. The Labute approximate surface area is 151 Å². The number of aromatic nitrogens is 2. The lowest BCUT2D eigenvalue weighted by Gasteiger charge is -1.99. The fourth-order valence-corrected chi connectivity index (χ4v) is 2.86. The van der Waals surface area contributed by atoms with Gasteiger partial charge in [-0.05, 0) is 57.9 Å². The average molecular weight is 401 g/mol. The van der Waals surface area contributed by atoms with Crippen molar-refractivity contribution in [3.63, 3.8) is 0 Å². The van der Waals surface area contributed by atoms with E-state index in [2.05, 4.69) is 25.9 Å². The summed E-state index contributed by atoms with van der Waals surface area (Å²) in [5.74, 6) is 1.38. The number of hydrogen-bond acceptors (Lipinski definition) is 3. The molecule has 24 heavy (non-hydrogen) atoms. The van der Waals surface area contributed by atoms with E-state index in [9.17, 15) is 0 Å². The molecule has 4 nitrogen and oxygen atoms in total. The van der Waals surface area contributed by atoms with Crippen LogP contribution in [0.4, 0.5) is 5.82 Å². The quantitative estimate of drug-likeness (QED) is 0.410. The summed E-state index contributed by atoms with van der Waals surface area (Å²) in [7, 11) is 0. The van der Waals surface area contributed by atoms with Gasteiger partial charge >= 0.3 is 0 Å². The molecule has 0 saturated heterocycles. The average Bonchev–Trinajstić information content (AvgIpc) is 3.21. The number of imidazole rings is 1. The van der Waals surface area contributed by atoms with E-state index in [1.165, 1.54) is 0 Å². The minimum atomic E-state index is 0.679. The summed E-state index contributed by atoms with van der Waals surface area (Å²) in [4.78, 5) is 9.28. The minimum absolute atomic E-state index is 0.679. The first-order chi connectivity index (χ1) is 11.7. The molecule has 0 radical (unpaired) electrons. The summed E-state index contributed by atoms with van der Waals surface area (Å²) in [6, 6.07) is 15.1. The van der Waals surface area contributed by atoms with E-state index in [0.717, 1.165) is 15.7 Å². The van der Waals surface area contributed by atoms with Crippen molar-refractivity contribution in [2.45, 2.75) is 0 Å². The van der Waals surface area contributed by atoms with Gasteiger partial charge < -0.3 is 4.42 Å². The summed E-state index contributed by atoms with van der Waals surface area (Å²) in [6.07, 6.45) is 5.35. The highest BCUT2D eigenvalue weighted by molar-refractivity contribution is 9.10. The Hall–Kier alpha value is -2.37. The molecule has 6 heteroatoms. The molecule has 118 valence electrons. The molecule has 0 N–H and O–H groups in total. The molecule has 0 spiro atoms. The highest BCUT2D eigenvalue weighted by Crippen LogP contribution is 2.32. The molecule has 4 rings (SSSR count). The molecule has 4 aromatic rings. The Kier molecular flexibility index (Phi) is 3.96.